The summed E-state index contributed by atoms with van der Waals surface area (Å²) in [6.07, 6.45) is 4.44. The zero-order valence-electron chi connectivity index (χ0n) is 13.0. The van der Waals surface area contributed by atoms with Crippen molar-refractivity contribution in [1.82, 2.24) is 9.97 Å². The van der Waals surface area contributed by atoms with Gasteiger partial charge in [0.15, 0.2) is 5.69 Å². The van der Waals surface area contributed by atoms with Crippen LogP contribution in [0.1, 0.15) is 28.9 Å². The molecule has 0 unspecified atom stereocenters. The first-order chi connectivity index (χ1) is 11.6. The molecule has 1 aliphatic rings. The number of aromatic carboxylic acids is 1. The van der Waals surface area contributed by atoms with Crippen molar-refractivity contribution >= 4 is 23.4 Å². The average Bonchev–Trinajstić information content (AvgIpc) is 2.61. The molecule has 1 aromatic heterocycles. The van der Waals surface area contributed by atoms with Crippen LogP contribution < -0.4 is 5.32 Å². The summed E-state index contributed by atoms with van der Waals surface area (Å²) in [6, 6.07) is 7.89. The average molecular weight is 348 g/mol. The maximum atomic E-state index is 10.8. The van der Waals surface area contributed by atoms with Crippen molar-refractivity contribution in [2.24, 2.45) is 0 Å². The van der Waals surface area contributed by atoms with Gasteiger partial charge in [0.25, 0.3) is 0 Å². The van der Waals surface area contributed by atoms with Crippen LogP contribution in [0.3, 0.4) is 0 Å². The highest BCUT2D eigenvalue weighted by molar-refractivity contribution is 6.30. The topological polar surface area (TPSA) is 84.3 Å². The van der Waals surface area contributed by atoms with Crippen LogP contribution in [-0.4, -0.2) is 40.8 Å². The minimum atomic E-state index is -1.09. The van der Waals surface area contributed by atoms with Crippen LogP contribution in [0, 0.1) is 0 Å². The van der Waals surface area contributed by atoms with Crippen LogP contribution >= 0.6 is 11.6 Å². The molecule has 1 aliphatic heterocycles. The molecule has 2 heterocycles. The summed E-state index contributed by atoms with van der Waals surface area (Å²) in [5.74, 6) is -0.540. The molecule has 1 aromatic carbocycles. The number of hydrogen-bond acceptors (Lipinski definition) is 5. The van der Waals surface area contributed by atoms with E-state index < -0.39 is 5.97 Å². The second kappa shape index (κ2) is 7.15. The van der Waals surface area contributed by atoms with Gasteiger partial charge in [0.1, 0.15) is 5.82 Å². The summed E-state index contributed by atoms with van der Waals surface area (Å²) < 4.78 is 5.52. The van der Waals surface area contributed by atoms with E-state index in [-0.39, 0.29) is 11.1 Å². The Morgan fingerprint density at radius 2 is 2.08 bits per heavy atom. The van der Waals surface area contributed by atoms with Crippen LogP contribution in [0.15, 0.2) is 36.7 Å². The van der Waals surface area contributed by atoms with Crippen molar-refractivity contribution < 1.29 is 14.6 Å². The van der Waals surface area contributed by atoms with Crippen molar-refractivity contribution in [2.45, 2.75) is 18.3 Å². The standard InChI is InChI=1S/C17H18ClN3O3/c18-13-3-1-2-12(8-13)17(4-6-24-7-5-17)11-21-15-10-19-14(9-20-15)16(22)23/h1-3,8-10H,4-7,11H2,(H,20,21)(H,22,23). The molecule has 0 amide bonds. The van der Waals surface area contributed by atoms with E-state index in [1.807, 2.05) is 18.2 Å². The van der Waals surface area contributed by atoms with E-state index in [9.17, 15) is 4.79 Å². The van der Waals surface area contributed by atoms with Gasteiger partial charge in [0.05, 0.1) is 12.4 Å². The lowest BCUT2D eigenvalue weighted by Crippen LogP contribution is -2.40. The number of ether oxygens (including phenoxy) is 1. The number of benzene rings is 1. The first-order valence-electron chi connectivity index (χ1n) is 7.72. The first-order valence-corrected chi connectivity index (χ1v) is 8.10. The van der Waals surface area contributed by atoms with Gasteiger partial charge in [-0.3, -0.25) is 0 Å². The molecule has 0 atom stereocenters. The van der Waals surface area contributed by atoms with Gasteiger partial charge in [-0.2, -0.15) is 0 Å². The number of aromatic nitrogens is 2. The molecule has 6 nitrogen and oxygen atoms in total. The van der Waals surface area contributed by atoms with Crippen molar-refractivity contribution in [1.29, 1.82) is 0 Å². The quantitative estimate of drug-likeness (QED) is 0.865. The first kappa shape index (κ1) is 16.7. The van der Waals surface area contributed by atoms with Crippen LogP contribution in [0.2, 0.25) is 5.02 Å². The van der Waals surface area contributed by atoms with Crippen molar-refractivity contribution in [3.8, 4) is 0 Å². The lowest BCUT2D eigenvalue weighted by molar-refractivity contribution is 0.0543. The third kappa shape index (κ3) is 3.66. The molecule has 126 valence electrons. The number of rotatable bonds is 5. The maximum Gasteiger partial charge on any atom is 0.356 e. The monoisotopic (exact) mass is 347 g/mol. The van der Waals surface area contributed by atoms with Gasteiger partial charge in [-0.1, -0.05) is 23.7 Å². The number of carbonyl (C=O) groups is 1. The highest BCUT2D eigenvalue weighted by atomic mass is 35.5. The Hall–Kier alpha value is -2.18. The number of carboxylic acids is 1. The smallest absolute Gasteiger partial charge is 0.356 e. The van der Waals surface area contributed by atoms with E-state index in [1.165, 1.54) is 18.0 Å². The van der Waals surface area contributed by atoms with Crippen LogP contribution in [0.25, 0.3) is 0 Å². The SMILES string of the molecule is O=C(O)c1cnc(NCC2(c3cccc(Cl)c3)CCOCC2)cn1. The molecular weight excluding hydrogens is 330 g/mol. The summed E-state index contributed by atoms with van der Waals surface area (Å²) in [5, 5.41) is 12.9. The predicted molar refractivity (Wildman–Crippen MR) is 90.7 cm³/mol. The fourth-order valence-electron chi connectivity index (χ4n) is 2.94. The molecule has 3 rings (SSSR count). The van der Waals surface area contributed by atoms with Gasteiger partial charge in [0, 0.05) is 30.2 Å². The Kier molecular flexibility index (Phi) is 4.97. The maximum absolute atomic E-state index is 10.8. The van der Waals surface area contributed by atoms with Gasteiger partial charge in [-0.05, 0) is 30.5 Å². The Bertz CT molecular complexity index is 715. The molecule has 24 heavy (non-hydrogen) atoms. The number of carboxylic acid groups (broad SMARTS) is 1. The minimum absolute atomic E-state index is 0.0730. The van der Waals surface area contributed by atoms with E-state index >= 15 is 0 Å². The zero-order valence-corrected chi connectivity index (χ0v) is 13.8. The summed E-state index contributed by atoms with van der Waals surface area (Å²) in [4.78, 5) is 18.8. The Balaban J connectivity index is 1.78. The Morgan fingerprint density at radius 1 is 1.29 bits per heavy atom. The molecule has 2 N–H and O–H groups in total. The van der Waals surface area contributed by atoms with Crippen molar-refractivity contribution in [3.63, 3.8) is 0 Å². The van der Waals surface area contributed by atoms with Crippen LogP contribution in [0.5, 0.6) is 0 Å². The molecule has 0 saturated carbocycles. The highest BCUT2D eigenvalue weighted by Crippen LogP contribution is 2.36. The Morgan fingerprint density at radius 3 is 2.71 bits per heavy atom. The molecule has 0 aliphatic carbocycles. The van der Waals surface area contributed by atoms with Gasteiger partial charge in [0.2, 0.25) is 0 Å². The summed E-state index contributed by atoms with van der Waals surface area (Å²) in [5.41, 5.74) is 0.994. The predicted octanol–water partition coefficient (Wildman–Crippen LogP) is 2.99. The number of anilines is 1. The molecule has 1 saturated heterocycles. The van der Waals surface area contributed by atoms with E-state index in [4.69, 9.17) is 21.4 Å². The summed E-state index contributed by atoms with van der Waals surface area (Å²) >= 11 is 6.16. The number of hydrogen-bond donors (Lipinski definition) is 2. The second-order valence-electron chi connectivity index (χ2n) is 5.85. The third-order valence-corrected chi connectivity index (χ3v) is 4.60. The van der Waals surface area contributed by atoms with E-state index in [0.29, 0.717) is 30.6 Å². The van der Waals surface area contributed by atoms with Gasteiger partial charge < -0.3 is 15.2 Å². The molecule has 0 bridgehead atoms. The number of nitrogens with zero attached hydrogens (tertiary/aromatic N) is 2. The van der Waals surface area contributed by atoms with Gasteiger partial charge in [-0.25, -0.2) is 14.8 Å². The number of halogens is 1. The normalized spacial score (nSPS) is 16.5. The molecule has 0 spiro atoms. The Labute approximate surface area is 144 Å². The summed E-state index contributed by atoms with van der Waals surface area (Å²) in [7, 11) is 0. The molecule has 1 fully saturated rings. The molecule has 7 heteroatoms. The van der Waals surface area contributed by atoms with E-state index in [2.05, 4.69) is 21.4 Å². The zero-order chi connectivity index (χ0) is 17.0. The fraction of sp³-hybridized carbons (Fsp3) is 0.353. The van der Waals surface area contributed by atoms with Crippen molar-refractivity contribution in [2.75, 3.05) is 25.1 Å². The second-order valence-corrected chi connectivity index (χ2v) is 6.29. The van der Waals surface area contributed by atoms with Crippen molar-refractivity contribution in [3.05, 3.63) is 52.9 Å². The molecular formula is C17H18ClN3O3. The van der Waals surface area contributed by atoms with Gasteiger partial charge >= 0.3 is 5.97 Å². The van der Waals surface area contributed by atoms with E-state index in [0.717, 1.165) is 12.8 Å². The number of nitrogens with one attached hydrogen (secondary N) is 1. The largest absolute Gasteiger partial charge is 0.476 e. The minimum Gasteiger partial charge on any atom is -0.476 e. The van der Waals surface area contributed by atoms with Crippen LogP contribution in [-0.2, 0) is 10.2 Å². The fourth-order valence-corrected chi connectivity index (χ4v) is 3.13. The lowest BCUT2D eigenvalue weighted by Gasteiger charge is -2.38. The lowest BCUT2D eigenvalue weighted by atomic mass is 9.74. The molecule has 2 aromatic rings. The van der Waals surface area contributed by atoms with E-state index in [1.54, 1.807) is 0 Å². The third-order valence-electron chi connectivity index (χ3n) is 4.37. The summed E-state index contributed by atoms with van der Waals surface area (Å²) in [6.45, 7) is 2.04. The highest BCUT2D eigenvalue weighted by Gasteiger charge is 2.34. The van der Waals surface area contributed by atoms with Gasteiger partial charge in [-0.15, -0.1) is 0 Å². The molecule has 0 radical (unpaired) electrons. The van der Waals surface area contributed by atoms with Crippen LogP contribution in [0.4, 0.5) is 5.82 Å².